The van der Waals surface area contributed by atoms with Crippen LogP contribution in [0.1, 0.15) is 22.8 Å². The number of aryl methyl sites for hydroxylation is 1. The van der Waals surface area contributed by atoms with Gasteiger partial charge in [-0.15, -0.1) is 0 Å². The molecule has 0 bridgehead atoms. The van der Waals surface area contributed by atoms with Gasteiger partial charge in [0.25, 0.3) is 5.91 Å². The van der Waals surface area contributed by atoms with E-state index in [1.165, 1.54) is 6.92 Å². The average Bonchev–Trinajstić information content (AvgIpc) is 2.57. The molecule has 6 heteroatoms. The molecule has 0 atom stereocenters. The summed E-state index contributed by atoms with van der Waals surface area (Å²) in [7, 11) is 0. The fourth-order valence-corrected chi connectivity index (χ4v) is 2.21. The normalized spacial score (nSPS) is 9.84. The topological polar surface area (TPSA) is 87.3 Å². The Morgan fingerprint density at radius 2 is 1.68 bits per heavy atom. The number of nitrogens with one attached hydrogen (secondary N) is 3. The van der Waals surface area contributed by atoms with Gasteiger partial charge in [-0.3, -0.25) is 14.4 Å². The largest absolute Gasteiger partial charge is 0.326 e. The Bertz CT molecular complexity index is 844. The summed E-state index contributed by atoms with van der Waals surface area (Å²) >= 11 is 0. The number of carbonyl (C=O) groups excluding carboxylic acids is 3. The number of rotatable bonds is 5. The number of carbonyl (C=O) groups is 3. The molecule has 0 heterocycles. The first kappa shape index (κ1) is 17.9. The van der Waals surface area contributed by atoms with Gasteiger partial charge in [0.15, 0.2) is 0 Å². The second-order valence-corrected chi connectivity index (χ2v) is 5.44. The van der Waals surface area contributed by atoms with Crippen molar-refractivity contribution >= 4 is 34.8 Å². The molecule has 0 saturated heterocycles. The van der Waals surface area contributed by atoms with Crippen molar-refractivity contribution in [3.8, 4) is 0 Å². The summed E-state index contributed by atoms with van der Waals surface area (Å²) in [4.78, 5) is 34.8. The molecule has 0 unspecified atom stereocenters. The molecule has 0 aliphatic carbocycles. The quantitative estimate of drug-likeness (QED) is 0.731. The number of hydrogen-bond acceptors (Lipinski definition) is 3. The molecule has 2 aromatic carbocycles. The predicted molar refractivity (Wildman–Crippen MR) is 98.7 cm³/mol. The maximum Gasteiger partial charge on any atom is 0.255 e. The smallest absolute Gasteiger partial charge is 0.255 e. The molecule has 2 rings (SSSR count). The lowest BCUT2D eigenvalue weighted by Gasteiger charge is -2.11. The Kier molecular flexibility index (Phi) is 5.68. The van der Waals surface area contributed by atoms with Gasteiger partial charge < -0.3 is 16.0 Å². The summed E-state index contributed by atoms with van der Waals surface area (Å²) in [5.74, 6) is -0.804. The van der Waals surface area contributed by atoms with Crippen molar-refractivity contribution in [3.63, 3.8) is 0 Å². The van der Waals surface area contributed by atoms with E-state index in [0.29, 0.717) is 22.6 Å². The second-order valence-electron chi connectivity index (χ2n) is 5.44. The minimum atomic E-state index is -0.346. The van der Waals surface area contributed by atoms with Crippen LogP contribution < -0.4 is 16.0 Å². The molecule has 25 heavy (non-hydrogen) atoms. The van der Waals surface area contributed by atoms with Crippen LogP contribution in [0.4, 0.5) is 17.1 Å². The van der Waals surface area contributed by atoms with Crippen molar-refractivity contribution in [2.24, 2.45) is 0 Å². The van der Waals surface area contributed by atoms with Crippen LogP contribution in [0.5, 0.6) is 0 Å². The van der Waals surface area contributed by atoms with Crippen LogP contribution in [0.3, 0.4) is 0 Å². The Morgan fingerprint density at radius 3 is 2.32 bits per heavy atom. The van der Waals surface area contributed by atoms with Gasteiger partial charge in [0.1, 0.15) is 0 Å². The van der Waals surface area contributed by atoms with E-state index in [9.17, 15) is 14.4 Å². The first-order chi connectivity index (χ1) is 11.9. The molecule has 2 aromatic rings. The van der Waals surface area contributed by atoms with Crippen LogP contribution in [0.25, 0.3) is 0 Å². The predicted octanol–water partition coefficient (Wildman–Crippen LogP) is 3.33. The van der Waals surface area contributed by atoms with E-state index in [-0.39, 0.29) is 17.7 Å². The Labute approximate surface area is 145 Å². The van der Waals surface area contributed by atoms with E-state index in [1.807, 2.05) is 6.92 Å². The fourth-order valence-electron chi connectivity index (χ4n) is 2.21. The van der Waals surface area contributed by atoms with Gasteiger partial charge in [-0.05, 0) is 55.0 Å². The first-order valence-corrected chi connectivity index (χ1v) is 7.62. The summed E-state index contributed by atoms with van der Waals surface area (Å²) in [6.45, 7) is 6.66. The number of anilines is 3. The maximum atomic E-state index is 12.4. The lowest BCUT2D eigenvalue weighted by Crippen LogP contribution is -2.14. The van der Waals surface area contributed by atoms with Crippen molar-refractivity contribution in [1.82, 2.24) is 0 Å². The second kappa shape index (κ2) is 7.92. The molecule has 0 radical (unpaired) electrons. The molecule has 0 aromatic heterocycles. The van der Waals surface area contributed by atoms with Gasteiger partial charge in [0.05, 0.1) is 0 Å². The summed E-state index contributed by atoms with van der Waals surface area (Å²) < 4.78 is 0. The molecule has 6 nitrogen and oxygen atoms in total. The molecule has 128 valence electrons. The Balaban J connectivity index is 2.13. The average molecular weight is 337 g/mol. The summed E-state index contributed by atoms with van der Waals surface area (Å²) in [6.07, 6.45) is 1.16. The van der Waals surface area contributed by atoms with Crippen molar-refractivity contribution in [1.29, 1.82) is 0 Å². The fraction of sp³-hybridized carbons (Fsp3) is 0.105. The molecule has 3 N–H and O–H groups in total. The highest BCUT2D eigenvalue weighted by Gasteiger charge is 2.09. The van der Waals surface area contributed by atoms with E-state index in [2.05, 4.69) is 22.5 Å². The number of amides is 3. The van der Waals surface area contributed by atoms with Crippen LogP contribution in [0, 0.1) is 6.92 Å². The van der Waals surface area contributed by atoms with Crippen molar-refractivity contribution in [2.75, 3.05) is 16.0 Å². The van der Waals surface area contributed by atoms with Crippen LogP contribution in [-0.2, 0) is 9.59 Å². The first-order valence-electron chi connectivity index (χ1n) is 7.62. The van der Waals surface area contributed by atoms with Gasteiger partial charge in [-0.1, -0.05) is 12.6 Å². The molecule has 0 fully saturated rings. The van der Waals surface area contributed by atoms with E-state index in [4.69, 9.17) is 0 Å². The summed E-state index contributed by atoms with van der Waals surface area (Å²) in [5.41, 5.74) is 3.05. The van der Waals surface area contributed by atoms with Gasteiger partial charge in [-0.25, -0.2) is 0 Å². The van der Waals surface area contributed by atoms with Crippen molar-refractivity contribution < 1.29 is 14.4 Å². The zero-order valence-electron chi connectivity index (χ0n) is 14.1. The summed E-state index contributed by atoms with van der Waals surface area (Å²) in [5, 5.41) is 8.11. The van der Waals surface area contributed by atoms with Gasteiger partial charge >= 0.3 is 0 Å². The monoisotopic (exact) mass is 337 g/mol. The zero-order valence-corrected chi connectivity index (χ0v) is 14.1. The van der Waals surface area contributed by atoms with Crippen LogP contribution in [-0.4, -0.2) is 17.7 Å². The van der Waals surface area contributed by atoms with Crippen LogP contribution in [0.2, 0.25) is 0 Å². The highest BCUT2D eigenvalue weighted by molar-refractivity contribution is 6.06. The zero-order chi connectivity index (χ0) is 18.4. The third-order valence-electron chi connectivity index (χ3n) is 3.37. The Hall–Kier alpha value is -3.41. The minimum Gasteiger partial charge on any atom is -0.326 e. The van der Waals surface area contributed by atoms with E-state index in [1.54, 1.807) is 42.5 Å². The molecular formula is C19H19N3O3. The Morgan fingerprint density at radius 1 is 0.960 bits per heavy atom. The standard InChI is InChI=1S/C19H19N3O3/c1-4-18(24)21-15-7-5-6-14(11-15)19(25)22-16-8-9-17(12(2)10-16)20-13(3)23/h4-11H,1H2,2-3H3,(H,20,23)(H,21,24)(H,22,25). The highest BCUT2D eigenvalue weighted by atomic mass is 16.2. The van der Waals surface area contributed by atoms with Crippen molar-refractivity contribution in [3.05, 3.63) is 66.2 Å². The molecule has 0 aliphatic rings. The highest BCUT2D eigenvalue weighted by Crippen LogP contribution is 2.20. The van der Waals surface area contributed by atoms with Gasteiger partial charge in [0.2, 0.25) is 11.8 Å². The van der Waals surface area contributed by atoms with E-state index in [0.717, 1.165) is 11.6 Å². The third-order valence-corrected chi connectivity index (χ3v) is 3.37. The summed E-state index contributed by atoms with van der Waals surface area (Å²) in [6, 6.07) is 11.8. The molecule has 0 aliphatic heterocycles. The lowest BCUT2D eigenvalue weighted by molar-refractivity contribution is -0.114. The molecule has 0 saturated carbocycles. The van der Waals surface area contributed by atoms with Crippen LogP contribution >= 0.6 is 0 Å². The minimum absolute atomic E-state index is 0.154. The maximum absolute atomic E-state index is 12.4. The SMILES string of the molecule is C=CC(=O)Nc1cccc(C(=O)Nc2ccc(NC(C)=O)c(C)c2)c1. The number of benzene rings is 2. The number of hydrogen-bond donors (Lipinski definition) is 3. The van der Waals surface area contributed by atoms with Crippen molar-refractivity contribution in [2.45, 2.75) is 13.8 Å². The van der Waals surface area contributed by atoms with Gasteiger partial charge in [-0.2, -0.15) is 0 Å². The molecule has 3 amide bonds. The van der Waals surface area contributed by atoms with E-state index < -0.39 is 0 Å². The van der Waals surface area contributed by atoms with E-state index >= 15 is 0 Å². The van der Waals surface area contributed by atoms with Gasteiger partial charge in [0, 0.05) is 29.5 Å². The van der Waals surface area contributed by atoms with Crippen LogP contribution in [0.15, 0.2) is 55.1 Å². The molecule has 0 spiro atoms. The lowest BCUT2D eigenvalue weighted by atomic mass is 10.1. The molecular weight excluding hydrogens is 318 g/mol. The third kappa shape index (κ3) is 5.04.